The second-order valence-corrected chi connectivity index (χ2v) is 6.88. The monoisotopic (exact) mass is 369 g/mol. The summed E-state index contributed by atoms with van der Waals surface area (Å²) in [5.74, 6) is -1.32. The molecule has 1 unspecified atom stereocenters. The molecule has 0 spiro atoms. The first kappa shape index (κ1) is 18.8. The lowest BCUT2D eigenvalue weighted by Gasteiger charge is -2.27. The van der Waals surface area contributed by atoms with Crippen molar-refractivity contribution in [3.8, 4) is 0 Å². The molecule has 2 amide bonds. The first-order valence-corrected chi connectivity index (χ1v) is 9.06. The van der Waals surface area contributed by atoms with Crippen LogP contribution in [0.1, 0.15) is 48.7 Å². The number of aromatic nitrogens is 1. The van der Waals surface area contributed by atoms with E-state index < -0.39 is 12.0 Å². The van der Waals surface area contributed by atoms with E-state index in [1.807, 2.05) is 24.3 Å². The summed E-state index contributed by atoms with van der Waals surface area (Å²) in [4.78, 5) is 41.9. The van der Waals surface area contributed by atoms with Crippen molar-refractivity contribution in [1.29, 1.82) is 0 Å². The van der Waals surface area contributed by atoms with Gasteiger partial charge < -0.3 is 15.3 Å². The van der Waals surface area contributed by atoms with Crippen molar-refractivity contribution in [3.05, 3.63) is 41.6 Å². The maximum Gasteiger partial charge on any atom is 0.326 e. The number of para-hydroxylation sites is 1. The number of nitrogens with zero attached hydrogens (tertiary/aromatic N) is 2. The molecule has 0 aliphatic heterocycles. The van der Waals surface area contributed by atoms with Crippen LogP contribution in [0.5, 0.6) is 0 Å². The van der Waals surface area contributed by atoms with Gasteiger partial charge in [0.05, 0.1) is 11.1 Å². The Balaban J connectivity index is 1.99. The van der Waals surface area contributed by atoms with Crippen LogP contribution in [0.15, 0.2) is 30.3 Å². The molecule has 2 aromatic rings. The van der Waals surface area contributed by atoms with E-state index in [9.17, 15) is 19.5 Å². The number of carboxylic acid groups (broad SMARTS) is 1. The fourth-order valence-electron chi connectivity index (χ4n) is 3.07. The highest BCUT2D eigenvalue weighted by Gasteiger charge is 2.30. The molecule has 1 heterocycles. The summed E-state index contributed by atoms with van der Waals surface area (Å²) in [7, 11) is 0. The van der Waals surface area contributed by atoms with Gasteiger partial charge in [0.15, 0.2) is 0 Å². The molecule has 0 radical (unpaired) electrons. The molecule has 3 rings (SSSR count). The van der Waals surface area contributed by atoms with Crippen molar-refractivity contribution >= 4 is 28.7 Å². The normalized spacial score (nSPS) is 14.6. The molecule has 1 fully saturated rings. The molecular formula is C20H23N3O4. The molecule has 7 nitrogen and oxygen atoms in total. The Morgan fingerprint density at radius 2 is 2.00 bits per heavy atom. The van der Waals surface area contributed by atoms with Crippen molar-refractivity contribution in [3.63, 3.8) is 0 Å². The second kappa shape index (κ2) is 7.73. The molecule has 0 bridgehead atoms. The molecule has 1 atom stereocenters. The van der Waals surface area contributed by atoms with E-state index in [-0.39, 0.29) is 24.9 Å². The highest BCUT2D eigenvalue weighted by molar-refractivity contribution is 6.07. The Morgan fingerprint density at radius 3 is 2.63 bits per heavy atom. The van der Waals surface area contributed by atoms with Gasteiger partial charge in [-0.3, -0.25) is 14.6 Å². The van der Waals surface area contributed by atoms with Gasteiger partial charge in [-0.1, -0.05) is 18.2 Å². The minimum absolute atomic E-state index is 0.112. The van der Waals surface area contributed by atoms with Crippen LogP contribution >= 0.6 is 0 Å². The SMILES string of the molecule is CC(=O)NCCN(C(=O)c1cc(C2CC2)nc2ccccc12)C(C)C(=O)O. The Labute approximate surface area is 157 Å². The van der Waals surface area contributed by atoms with Gasteiger partial charge in [0.2, 0.25) is 5.91 Å². The molecule has 1 aliphatic rings. The van der Waals surface area contributed by atoms with Gasteiger partial charge in [-0.15, -0.1) is 0 Å². The summed E-state index contributed by atoms with van der Waals surface area (Å²) >= 11 is 0. The second-order valence-electron chi connectivity index (χ2n) is 6.88. The lowest BCUT2D eigenvalue weighted by molar-refractivity contribution is -0.141. The van der Waals surface area contributed by atoms with Crippen LogP contribution in [0.2, 0.25) is 0 Å². The van der Waals surface area contributed by atoms with Crippen LogP contribution in [0.3, 0.4) is 0 Å². The molecule has 2 N–H and O–H groups in total. The Bertz CT molecular complexity index is 892. The predicted octanol–water partition coefficient (Wildman–Crippen LogP) is 2.16. The quantitative estimate of drug-likeness (QED) is 0.779. The number of hydrogen-bond donors (Lipinski definition) is 2. The average molecular weight is 369 g/mol. The summed E-state index contributed by atoms with van der Waals surface area (Å²) < 4.78 is 0. The number of carbonyl (C=O) groups is 3. The van der Waals surface area contributed by atoms with Gasteiger partial charge in [-0.05, 0) is 31.9 Å². The number of benzene rings is 1. The summed E-state index contributed by atoms with van der Waals surface area (Å²) in [6.07, 6.45) is 2.10. The largest absolute Gasteiger partial charge is 0.480 e. The summed E-state index contributed by atoms with van der Waals surface area (Å²) in [6.45, 7) is 3.16. The molecule has 1 aromatic heterocycles. The fraction of sp³-hybridized carbons (Fsp3) is 0.400. The third kappa shape index (κ3) is 4.24. The van der Waals surface area contributed by atoms with Crippen LogP contribution in [0.25, 0.3) is 10.9 Å². The van der Waals surface area contributed by atoms with Crippen molar-refractivity contribution in [1.82, 2.24) is 15.2 Å². The van der Waals surface area contributed by atoms with Crippen LogP contribution in [-0.4, -0.2) is 51.9 Å². The number of hydrogen-bond acceptors (Lipinski definition) is 4. The summed E-state index contributed by atoms with van der Waals surface area (Å²) in [5.41, 5.74) is 2.07. The zero-order valence-electron chi connectivity index (χ0n) is 15.4. The van der Waals surface area contributed by atoms with E-state index >= 15 is 0 Å². The Morgan fingerprint density at radius 1 is 1.30 bits per heavy atom. The smallest absolute Gasteiger partial charge is 0.326 e. The number of carboxylic acids is 1. The topological polar surface area (TPSA) is 99.6 Å². The van der Waals surface area contributed by atoms with E-state index in [1.165, 1.54) is 18.7 Å². The zero-order valence-corrected chi connectivity index (χ0v) is 15.4. The molecule has 1 aliphatic carbocycles. The molecule has 1 saturated carbocycles. The highest BCUT2D eigenvalue weighted by Crippen LogP contribution is 2.40. The number of amides is 2. The maximum absolute atomic E-state index is 13.3. The predicted molar refractivity (Wildman–Crippen MR) is 101 cm³/mol. The number of nitrogens with one attached hydrogen (secondary N) is 1. The van der Waals surface area contributed by atoms with Crippen molar-refractivity contribution in [2.75, 3.05) is 13.1 Å². The minimum atomic E-state index is -1.09. The van der Waals surface area contributed by atoms with E-state index in [0.717, 1.165) is 24.1 Å². The Kier molecular flexibility index (Phi) is 5.39. The minimum Gasteiger partial charge on any atom is -0.480 e. The van der Waals surface area contributed by atoms with Gasteiger partial charge in [-0.25, -0.2) is 4.79 Å². The van der Waals surface area contributed by atoms with Crippen LogP contribution < -0.4 is 5.32 Å². The van der Waals surface area contributed by atoms with Gasteiger partial charge in [0, 0.05) is 37.0 Å². The third-order valence-corrected chi connectivity index (χ3v) is 4.77. The van der Waals surface area contributed by atoms with E-state index in [0.29, 0.717) is 16.9 Å². The number of aliphatic carboxylic acids is 1. The number of fused-ring (bicyclic) bond motifs is 1. The van der Waals surface area contributed by atoms with Crippen LogP contribution in [-0.2, 0) is 9.59 Å². The molecule has 0 saturated heterocycles. The average Bonchev–Trinajstić information content (AvgIpc) is 3.48. The molecular weight excluding hydrogens is 346 g/mol. The molecule has 27 heavy (non-hydrogen) atoms. The van der Waals surface area contributed by atoms with Crippen molar-refractivity contribution in [2.24, 2.45) is 0 Å². The number of carbonyl (C=O) groups excluding carboxylic acids is 2. The zero-order chi connectivity index (χ0) is 19.6. The van der Waals surface area contributed by atoms with Crippen molar-refractivity contribution in [2.45, 2.75) is 38.6 Å². The standard InChI is InChI=1S/C20H23N3O4/c1-12(20(26)27)23(10-9-21-13(2)24)19(25)16-11-18(14-7-8-14)22-17-6-4-3-5-15(16)17/h3-6,11-12,14H,7-10H2,1-2H3,(H,21,24)(H,26,27). The van der Waals surface area contributed by atoms with Crippen LogP contribution in [0.4, 0.5) is 0 Å². The van der Waals surface area contributed by atoms with Crippen molar-refractivity contribution < 1.29 is 19.5 Å². The highest BCUT2D eigenvalue weighted by atomic mass is 16.4. The third-order valence-electron chi connectivity index (χ3n) is 4.77. The van der Waals surface area contributed by atoms with Gasteiger partial charge >= 0.3 is 5.97 Å². The summed E-state index contributed by atoms with van der Waals surface area (Å²) in [5, 5.41) is 12.7. The summed E-state index contributed by atoms with van der Waals surface area (Å²) in [6, 6.07) is 8.17. The first-order chi connectivity index (χ1) is 12.9. The van der Waals surface area contributed by atoms with Gasteiger partial charge in [0.1, 0.15) is 6.04 Å². The maximum atomic E-state index is 13.3. The van der Waals surface area contributed by atoms with E-state index in [2.05, 4.69) is 10.3 Å². The van der Waals surface area contributed by atoms with E-state index in [4.69, 9.17) is 0 Å². The lowest BCUT2D eigenvalue weighted by atomic mass is 10.0. The molecule has 7 heteroatoms. The molecule has 142 valence electrons. The first-order valence-electron chi connectivity index (χ1n) is 9.06. The fourth-order valence-corrected chi connectivity index (χ4v) is 3.07. The number of rotatable bonds is 7. The van der Waals surface area contributed by atoms with E-state index in [1.54, 1.807) is 6.07 Å². The van der Waals surface area contributed by atoms with Gasteiger partial charge in [0.25, 0.3) is 5.91 Å². The van der Waals surface area contributed by atoms with Crippen LogP contribution in [0, 0.1) is 0 Å². The molecule has 1 aromatic carbocycles. The van der Waals surface area contributed by atoms with Gasteiger partial charge in [-0.2, -0.15) is 0 Å². The Hall–Kier alpha value is -2.96. The lowest BCUT2D eigenvalue weighted by Crippen LogP contribution is -2.46. The number of pyridine rings is 1.